The molecule has 94 valence electrons. The molecule has 2 aromatic rings. The van der Waals surface area contributed by atoms with Gasteiger partial charge in [0.1, 0.15) is 11.5 Å². The van der Waals surface area contributed by atoms with Crippen molar-refractivity contribution in [1.29, 1.82) is 5.26 Å². The summed E-state index contributed by atoms with van der Waals surface area (Å²) in [5, 5.41) is 17.4. The van der Waals surface area contributed by atoms with Gasteiger partial charge in [0.25, 0.3) is 0 Å². The molecule has 0 amide bonds. The second-order valence-electron chi connectivity index (χ2n) is 3.76. The number of nitrogens with zero attached hydrogens (tertiary/aromatic N) is 2. The maximum atomic E-state index is 10.8. The highest BCUT2D eigenvalue weighted by atomic mass is 16.5. The van der Waals surface area contributed by atoms with Gasteiger partial charge >= 0.3 is 5.97 Å². The van der Waals surface area contributed by atoms with Gasteiger partial charge in [-0.2, -0.15) is 5.26 Å². The number of rotatable bonds is 4. The van der Waals surface area contributed by atoms with E-state index >= 15 is 0 Å². The Kier molecular flexibility index (Phi) is 3.74. The summed E-state index contributed by atoms with van der Waals surface area (Å²) in [6, 6.07) is 12.0. The molecule has 5 heteroatoms. The smallest absolute Gasteiger partial charge is 0.354 e. The van der Waals surface area contributed by atoms with Crippen molar-refractivity contribution in [1.82, 2.24) is 4.98 Å². The average Bonchev–Trinajstić information content (AvgIpc) is 2.42. The first kappa shape index (κ1) is 12.6. The first-order valence-electron chi connectivity index (χ1n) is 5.52. The number of benzene rings is 1. The van der Waals surface area contributed by atoms with Gasteiger partial charge in [-0.25, -0.2) is 9.78 Å². The second-order valence-corrected chi connectivity index (χ2v) is 3.76. The van der Waals surface area contributed by atoms with E-state index in [1.807, 2.05) is 0 Å². The largest absolute Gasteiger partial charge is 0.477 e. The van der Waals surface area contributed by atoms with Gasteiger partial charge in [-0.15, -0.1) is 0 Å². The molecule has 5 nitrogen and oxygen atoms in total. The molecule has 1 aromatic heterocycles. The molecule has 2 rings (SSSR count). The van der Waals surface area contributed by atoms with Crippen LogP contribution in [-0.2, 0) is 6.42 Å². The molecule has 0 aliphatic rings. The molecule has 0 saturated carbocycles. The number of hydrogen-bond donors (Lipinski definition) is 1. The lowest BCUT2D eigenvalue weighted by molar-refractivity contribution is 0.0690. The maximum absolute atomic E-state index is 10.8. The lowest BCUT2D eigenvalue weighted by atomic mass is 10.2. The number of carboxylic acids is 1. The van der Waals surface area contributed by atoms with Gasteiger partial charge in [0.05, 0.1) is 12.5 Å². The fourth-order valence-corrected chi connectivity index (χ4v) is 1.49. The number of ether oxygens (including phenoxy) is 1. The quantitative estimate of drug-likeness (QED) is 0.906. The average molecular weight is 254 g/mol. The van der Waals surface area contributed by atoms with E-state index in [4.69, 9.17) is 15.1 Å². The standard InChI is InChI=1S/C14H10N2O3/c15-7-5-10-1-3-11(4-2-10)19-12-6-8-16-13(9-12)14(17)18/h1-4,6,8-9H,5H2,(H,17,18). The van der Waals surface area contributed by atoms with E-state index in [1.54, 1.807) is 30.3 Å². The van der Waals surface area contributed by atoms with E-state index in [1.165, 1.54) is 12.3 Å². The van der Waals surface area contributed by atoms with Crippen LogP contribution in [0.15, 0.2) is 42.6 Å². The van der Waals surface area contributed by atoms with Crippen molar-refractivity contribution >= 4 is 5.97 Å². The first-order chi connectivity index (χ1) is 9.19. The zero-order valence-electron chi connectivity index (χ0n) is 9.91. The third-order valence-corrected chi connectivity index (χ3v) is 2.39. The lowest BCUT2D eigenvalue weighted by Crippen LogP contribution is -1.99. The Balaban J connectivity index is 2.14. The topological polar surface area (TPSA) is 83.2 Å². The van der Waals surface area contributed by atoms with Gasteiger partial charge < -0.3 is 9.84 Å². The summed E-state index contributed by atoms with van der Waals surface area (Å²) in [5.41, 5.74) is 0.828. The van der Waals surface area contributed by atoms with Crippen LogP contribution in [0.5, 0.6) is 11.5 Å². The predicted octanol–water partition coefficient (Wildman–Crippen LogP) is 2.64. The molecule has 0 bridgehead atoms. The molecule has 0 saturated heterocycles. The summed E-state index contributed by atoms with van der Waals surface area (Å²) in [6.45, 7) is 0. The van der Waals surface area contributed by atoms with Crippen molar-refractivity contribution in [3.63, 3.8) is 0 Å². The fourth-order valence-electron chi connectivity index (χ4n) is 1.49. The summed E-state index contributed by atoms with van der Waals surface area (Å²) in [5.74, 6) is -0.125. The minimum atomic E-state index is -1.10. The Morgan fingerprint density at radius 2 is 2.00 bits per heavy atom. The Morgan fingerprint density at radius 3 is 2.63 bits per heavy atom. The van der Waals surface area contributed by atoms with Gasteiger partial charge in [-0.05, 0) is 23.8 Å². The molecule has 1 aromatic carbocycles. The number of carbonyl (C=O) groups is 1. The van der Waals surface area contributed by atoms with Crippen LogP contribution in [0.25, 0.3) is 0 Å². The Morgan fingerprint density at radius 1 is 1.26 bits per heavy atom. The van der Waals surface area contributed by atoms with E-state index in [0.29, 0.717) is 17.9 Å². The Bertz CT molecular complexity index is 630. The normalized spacial score (nSPS) is 9.63. The molecule has 0 fully saturated rings. The highest BCUT2D eigenvalue weighted by Crippen LogP contribution is 2.21. The Labute approximate surface area is 109 Å². The van der Waals surface area contributed by atoms with Crippen molar-refractivity contribution in [2.45, 2.75) is 6.42 Å². The molecule has 1 heterocycles. The Hall–Kier alpha value is -2.87. The highest BCUT2D eigenvalue weighted by molar-refractivity contribution is 5.85. The molecule has 0 aliphatic heterocycles. The SMILES string of the molecule is N#CCc1ccc(Oc2ccnc(C(=O)O)c2)cc1. The van der Waals surface area contributed by atoms with Crippen LogP contribution in [-0.4, -0.2) is 16.1 Å². The molecule has 0 atom stereocenters. The minimum absolute atomic E-state index is 0.0707. The van der Waals surface area contributed by atoms with Crippen molar-refractivity contribution < 1.29 is 14.6 Å². The fraction of sp³-hybridized carbons (Fsp3) is 0.0714. The third kappa shape index (κ3) is 3.30. The number of nitriles is 1. The molecule has 19 heavy (non-hydrogen) atoms. The monoisotopic (exact) mass is 254 g/mol. The summed E-state index contributed by atoms with van der Waals surface area (Å²) < 4.78 is 5.52. The first-order valence-corrected chi connectivity index (χ1v) is 5.52. The van der Waals surface area contributed by atoms with E-state index in [0.717, 1.165) is 5.56 Å². The van der Waals surface area contributed by atoms with E-state index in [2.05, 4.69) is 11.1 Å². The zero-order valence-corrected chi connectivity index (χ0v) is 9.91. The van der Waals surface area contributed by atoms with Crippen LogP contribution in [0, 0.1) is 11.3 Å². The summed E-state index contributed by atoms with van der Waals surface area (Å²) in [7, 11) is 0. The number of hydrogen-bond acceptors (Lipinski definition) is 4. The van der Waals surface area contributed by atoms with Gasteiger partial charge in [0.2, 0.25) is 0 Å². The summed E-state index contributed by atoms with van der Waals surface area (Å²) in [6.07, 6.45) is 1.72. The van der Waals surface area contributed by atoms with Crippen molar-refractivity contribution in [3.8, 4) is 17.6 Å². The second kappa shape index (κ2) is 5.65. The number of aromatic nitrogens is 1. The van der Waals surface area contributed by atoms with Crippen molar-refractivity contribution in [3.05, 3.63) is 53.9 Å². The van der Waals surface area contributed by atoms with Crippen LogP contribution in [0.1, 0.15) is 16.1 Å². The third-order valence-electron chi connectivity index (χ3n) is 2.39. The molecule has 0 aliphatic carbocycles. The number of pyridine rings is 1. The summed E-state index contributed by atoms with van der Waals surface area (Å²) >= 11 is 0. The van der Waals surface area contributed by atoms with Crippen LogP contribution >= 0.6 is 0 Å². The molecule has 0 spiro atoms. The predicted molar refractivity (Wildman–Crippen MR) is 67.0 cm³/mol. The molecular formula is C14H10N2O3. The molecule has 0 unspecified atom stereocenters. The summed E-state index contributed by atoms with van der Waals surface area (Å²) in [4.78, 5) is 14.5. The van der Waals surface area contributed by atoms with Gasteiger partial charge in [0.15, 0.2) is 5.69 Å². The van der Waals surface area contributed by atoms with E-state index in [9.17, 15) is 4.79 Å². The van der Waals surface area contributed by atoms with Gasteiger partial charge in [-0.1, -0.05) is 12.1 Å². The number of carboxylic acid groups (broad SMARTS) is 1. The minimum Gasteiger partial charge on any atom is -0.477 e. The van der Waals surface area contributed by atoms with Crippen LogP contribution in [0.3, 0.4) is 0 Å². The van der Waals surface area contributed by atoms with Gasteiger partial charge in [0, 0.05) is 12.3 Å². The molecular weight excluding hydrogens is 244 g/mol. The molecule has 0 radical (unpaired) electrons. The van der Waals surface area contributed by atoms with Crippen molar-refractivity contribution in [2.75, 3.05) is 0 Å². The highest BCUT2D eigenvalue weighted by Gasteiger charge is 2.06. The van der Waals surface area contributed by atoms with Crippen LogP contribution in [0.4, 0.5) is 0 Å². The van der Waals surface area contributed by atoms with E-state index in [-0.39, 0.29) is 5.69 Å². The van der Waals surface area contributed by atoms with Crippen LogP contribution in [0.2, 0.25) is 0 Å². The number of aromatic carboxylic acids is 1. The lowest BCUT2D eigenvalue weighted by Gasteiger charge is -2.06. The zero-order chi connectivity index (χ0) is 13.7. The maximum Gasteiger partial charge on any atom is 0.354 e. The van der Waals surface area contributed by atoms with Gasteiger partial charge in [-0.3, -0.25) is 0 Å². The van der Waals surface area contributed by atoms with Crippen molar-refractivity contribution in [2.24, 2.45) is 0 Å². The van der Waals surface area contributed by atoms with Crippen LogP contribution < -0.4 is 4.74 Å². The molecule has 1 N–H and O–H groups in total. The van der Waals surface area contributed by atoms with E-state index < -0.39 is 5.97 Å².